The van der Waals surface area contributed by atoms with Crippen LogP contribution in [0.3, 0.4) is 0 Å². The van der Waals surface area contributed by atoms with Gasteiger partial charge in [-0.25, -0.2) is 13.2 Å². The molecular weight excluding hydrogens is 335 g/mol. The summed E-state index contributed by atoms with van der Waals surface area (Å²) in [7, 11) is 0. The van der Waals surface area contributed by atoms with Gasteiger partial charge in [0.2, 0.25) is 0 Å². The molecule has 0 amide bonds. The van der Waals surface area contributed by atoms with Crippen molar-refractivity contribution in [1.29, 1.82) is 0 Å². The van der Waals surface area contributed by atoms with Crippen molar-refractivity contribution in [3.05, 3.63) is 28.5 Å². The highest BCUT2D eigenvalue weighted by molar-refractivity contribution is 9.10. The molecule has 0 unspecified atom stereocenters. The Kier molecular flexibility index (Phi) is 5.32. The zero-order chi connectivity index (χ0) is 14.6. The Balaban J connectivity index is 1.70. The lowest BCUT2D eigenvalue weighted by molar-refractivity contribution is -0.0554. The lowest BCUT2D eigenvalue weighted by Crippen LogP contribution is -2.40. The van der Waals surface area contributed by atoms with Gasteiger partial charge in [-0.1, -0.05) is 6.07 Å². The maximum absolute atomic E-state index is 13.5. The maximum Gasteiger partial charge on any atom is 0.250 e. The summed E-state index contributed by atoms with van der Waals surface area (Å²) in [6.07, 6.45) is 0.534. The summed E-state index contributed by atoms with van der Waals surface area (Å²) in [5.74, 6) is -2.71. The van der Waals surface area contributed by atoms with Crippen LogP contribution in [0.4, 0.5) is 13.2 Å². The first kappa shape index (κ1) is 15.6. The molecule has 0 atom stereocenters. The van der Waals surface area contributed by atoms with E-state index in [-0.39, 0.29) is 18.6 Å². The van der Waals surface area contributed by atoms with Crippen LogP contribution in [0.15, 0.2) is 22.7 Å². The Morgan fingerprint density at radius 3 is 2.60 bits per heavy atom. The molecule has 0 aromatic heterocycles. The lowest BCUT2D eigenvalue weighted by atomic mass is 10.1. The number of halogens is 4. The zero-order valence-electron chi connectivity index (χ0n) is 11.0. The predicted octanol–water partition coefficient (Wildman–Crippen LogP) is 4.09. The summed E-state index contributed by atoms with van der Waals surface area (Å²) in [6.45, 7) is 1.89. The zero-order valence-corrected chi connectivity index (χ0v) is 12.6. The molecule has 0 spiro atoms. The Morgan fingerprint density at radius 1 is 1.25 bits per heavy atom. The van der Waals surface area contributed by atoms with Crippen LogP contribution in [-0.4, -0.2) is 37.1 Å². The van der Waals surface area contributed by atoms with E-state index in [2.05, 4.69) is 15.9 Å². The second kappa shape index (κ2) is 6.80. The fraction of sp³-hybridized carbons (Fsp3) is 0.571. The summed E-state index contributed by atoms with van der Waals surface area (Å²) in [5.41, 5.74) is 0. The molecule has 1 saturated heterocycles. The monoisotopic (exact) mass is 351 g/mol. The normalized spacial score (nSPS) is 19.0. The maximum atomic E-state index is 13.5. The molecule has 1 aromatic carbocycles. The average Bonchev–Trinajstić information content (AvgIpc) is 2.39. The molecule has 0 N–H and O–H groups in total. The first-order valence-electron chi connectivity index (χ1n) is 6.65. The lowest BCUT2D eigenvalue weighted by Gasteiger charge is -2.31. The minimum absolute atomic E-state index is 0.0767. The van der Waals surface area contributed by atoms with E-state index in [1.54, 1.807) is 12.1 Å². The van der Waals surface area contributed by atoms with Crippen molar-refractivity contribution in [2.24, 2.45) is 0 Å². The Bertz CT molecular complexity index is 426. The fourth-order valence-electron chi connectivity index (χ4n) is 2.19. The van der Waals surface area contributed by atoms with E-state index in [0.717, 1.165) is 0 Å². The van der Waals surface area contributed by atoms with E-state index >= 15 is 0 Å². The molecule has 1 fully saturated rings. The molecular formula is C14H17BrF3NO. The number of nitrogens with zero attached hydrogens (tertiary/aromatic N) is 1. The molecule has 6 heteroatoms. The van der Waals surface area contributed by atoms with Gasteiger partial charge in [0.15, 0.2) is 11.6 Å². The van der Waals surface area contributed by atoms with Crippen LogP contribution in [0.1, 0.15) is 19.3 Å². The number of para-hydroxylation sites is 1. The van der Waals surface area contributed by atoms with Crippen LogP contribution in [0.25, 0.3) is 0 Å². The molecule has 2 nitrogen and oxygen atoms in total. The molecule has 0 aliphatic carbocycles. The molecule has 20 heavy (non-hydrogen) atoms. The third-order valence-corrected chi connectivity index (χ3v) is 4.00. The van der Waals surface area contributed by atoms with Crippen LogP contribution >= 0.6 is 15.9 Å². The molecule has 112 valence electrons. The molecule has 1 heterocycles. The number of hydrogen-bond donors (Lipinski definition) is 0. The van der Waals surface area contributed by atoms with E-state index in [1.807, 2.05) is 4.90 Å². The molecule has 1 aliphatic heterocycles. The summed E-state index contributed by atoms with van der Waals surface area (Å²) >= 11 is 3.23. The van der Waals surface area contributed by atoms with Gasteiger partial charge in [-0.15, -0.1) is 0 Å². The predicted molar refractivity (Wildman–Crippen MR) is 74.8 cm³/mol. The number of rotatable bonds is 5. The molecule has 1 aromatic rings. The third-order valence-electron chi connectivity index (χ3n) is 3.37. The van der Waals surface area contributed by atoms with Gasteiger partial charge >= 0.3 is 0 Å². The topological polar surface area (TPSA) is 12.5 Å². The third kappa shape index (κ3) is 4.38. The molecule has 2 rings (SSSR count). The second-order valence-electron chi connectivity index (χ2n) is 4.95. The Morgan fingerprint density at radius 2 is 1.95 bits per heavy atom. The van der Waals surface area contributed by atoms with Crippen molar-refractivity contribution in [3.63, 3.8) is 0 Å². The van der Waals surface area contributed by atoms with E-state index in [4.69, 9.17) is 4.74 Å². The largest absolute Gasteiger partial charge is 0.489 e. The van der Waals surface area contributed by atoms with Gasteiger partial charge < -0.3 is 9.64 Å². The van der Waals surface area contributed by atoms with Crippen molar-refractivity contribution in [2.75, 3.05) is 26.2 Å². The van der Waals surface area contributed by atoms with Gasteiger partial charge in [-0.05, 0) is 34.5 Å². The van der Waals surface area contributed by atoms with Gasteiger partial charge in [0.1, 0.15) is 0 Å². The van der Waals surface area contributed by atoms with Gasteiger partial charge in [0.25, 0.3) is 5.92 Å². The highest BCUT2D eigenvalue weighted by Gasteiger charge is 2.33. The Hall–Kier alpha value is -0.750. The van der Waals surface area contributed by atoms with Crippen LogP contribution < -0.4 is 4.74 Å². The van der Waals surface area contributed by atoms with E-state index < -0.39 is 11.7 Å². The number of piperidine rings is 1. The first-order valence-corrected chi connectivity index (χ1v) is 7.44. The van der Waals surface area contributed by atoms with Gasteiger partial charge in [0, 0.05) is 32.5 Å². The van der Waals surface area contributed by atoms with Gasteiger partial charge in [-0.2, -0.15) is 0 Å². The van der Waals surface area contributed by atoms with Crippen LogP contribution in [0, 0.1) is 5.82 Å². The summed E-state index contributed by atoms with van der Waals surface area (Å²) in [4.78, 5) is 2.00. The number of alkyl halides is 2. The summed E-state index contributed by atoms with van der Waals surface area (Å²) in [5, 5.41) is 0. The van der Waals surface area contributed by atoms with Crippen molar-refractivity contribution in [3.8, 4) is 5.75 Å². The number of benzene rings is 1. The number of ether oxygens (including phenoxy) is 1. The van der Waals surface area contributed by atoms with Crippen LogP contribution in [0.2, 0.25) is 0 Å². The number of likely N-dealkylation sites (tertiary alicyclic amines) is 1. The quantitative estimate of drug-likeness (QED) is 0.741. The molecule has 0 bridgehead atoms. The van der Waals surface area contributed by atoms with E-state index in [0.29, 0.717) is 37.1 Å². The molecule has 0 radical (unpaired) electrons. The smallest absolute Gasteiger partial charge is 0.250 e. The van der Waals surface area contributed by atoms with Crippen molar-refractivity contribution in [1.82, 2.24) is 4.90 Å². The highest BCUT2D eigenvalue weighted by atomic mass is 79.9. The van der Waals surface area contributed by atoms with Gasteiger partial charge in [-0.3, -0.25) is 0 Å². The first-order chi connectivity index (χ1) is 9.48. The highest BCUT2D eigenvalue weighted by Crippen LogP contribution is 2.29. The summed E-state index contributed by atoms with van der Waals surface area (Å²) < 4.78 is 45.4. The van der Waals surface area contributed by atoms with Crippen molar-refractivity contribution < 1.29 is 17.9 Å². The van der Waals surface area contributed by atoms with Crippen LogP contribution in [-0.2, 0) is 0 Å². The van der Waals surface area contributed by atoms with Crippen molar-refractivity contribution >= 4 is 15.9 Å². The summed E-state index contributed by atoms with van der Waals surface area (Å²) in [6, 6.07) is 4.65. The van der Waals surface area contributed by atoms with Gasteiger partial charge in [0.05, 0.1) is 11.1 Å². The SMILES string of the molecule is Fc1cccc(Br)c1OCCCN1CCC(F)(F)CC1. The second-order valence-corrected chi connectivity index (χ2v) is 5.80. The number of hydrogen-bond acceptors (Lipinski definition) is 2. The molecule has 0 saturated carbocycles. The minimum atomic E-state index is -2.51. The van der Waals surface area contributed by atoms with E-state index in [1.165, 1.54) is 6.07 Å². The van der Waals surface area contributed by atoms with Crippen LogP contribution in [0.5, 0.6) is 5.75 Å². The van der Waals surface area contributed by atoms with E-state index in [9.17, 15) is 13.2 Å². The Labute approximate surface area is 125 Å². The minimum Gasteiger partial charge on any atom is -0.489 e. The van der Waals surface area contributed by atoms with Crippen molar-refractivity contribution in [2.45, 2.75) is 25.2 Å². The molecule has 1 aliphatic rings. The standard InChI is InChI=1S/C14H17BrF3NO/c15-11-3-1-4-12(16)13(11)20-10-2-7-19-8-5-14(17,18)6-9-19/h1,3-4H,2,5-10H2. The average molecular weight is 352 g/mol. The fourth-order valence-corrected chi connectivity index (χ4v) is 2.64.